The van der Waals surface area contributed by atoms with Crippen LogP contribution in [0.15, 0.2) is 41.1 Å². The molecule has 1 aromatic rings. The van der Waals surface area contributed by atoms with E-state index in [4.69, 9.17) is 0 Å². The number of hydrogen-bond donors (Lipinski definition) is 0. The largest absolute Gasteiger partial charge is 0.0812 e. The highest BCUT2D eigenvalue weighted by molar-refractivity contribution is 6.83. The van der Waals surface area contributed by atoms with Crippen LogP contribution in [0.25, 0.3) is 0 Å². The van der Waals surface area contributed by atoms with Gasteiger partial charge in [0.05, 0.1) is 8.07 Å². The smallest absolute Gasteiger partial charge is 0.0771 e. The van der Waals surface area contributed by atoms with Gasteiger partial charge in [0.1, 0.15) is 0 Å². The minimum atomic E-state index is -1.12. The molecular weight excluding hydrogens is 232 g/mol. The summed E-state index contributed by atoms with van der Waals surface area (Å²) in [5.74, 6) is 0. The topological polar surface area (TPSA) is 0 Å². The minimum absolute atomic E-state index is 1.12. The molecule has 1 aliphatic carbocycles. The lowest BCUT2D eigenvalue weighted by atomic mass is 9.98. The van der Waals surface area contributed by atoms with Crippen molar-refractivity contribution in [1.29, 1.82) is 0 Å². The van der Waals surface area contributed by atoms with Crippen molar-refractivity contribution in [1.82, 2.24) is 0 Å². The Hall–Kier alpha value is -1.08. The third-order valence-electron chi connectivity index (χ3n) is 3.73. The summed E-state index contributed by atoms with van der Waals surface area (Å²) in [6.07, 6.45) is 7.20. The van der Waals surface area contributed by atoms with E-state index in [1.165, 1.54) is 16.7 Å². The summed E-state index contributed by atoms with van der Waals surface area (Å²) in [6, 6.07) is 6.78. The van der Waals surface area contributed by atoms with Crippen LogP contribution in [0.5, 0.6) is 0 Å². The quantitative estimate of drug-likeness (QED) is 0.669. The maximum Gasteiger partial charge on any atom is 0.0771 e. The van der Waals surface area contributed by atoms with Gasteiger partial charge in [-0.25, -0.2) is 0 Å². The number of aryl methyl sites for hydroxylation is 2. The van der Waals surface area contributed by atoms with Gasteiger partial charge in [-0.05, 0) is 37.8 Å². The maximum atomic E-state index is 2.47. The van der Waals surface area contributed by atoms with Crippen molar-refractivity contribution in [2.45, 2.75) is 46.3 Å². The molecule has 1 heteroatoms. The maximum absolute atomic E-state index is 2.47. The van der Waals surface area contributed by atoms with Crippen molar-refractivity contribution in [3.05, 3.63) is 57.8 Å². The molecule has 0 atom stereocenters. The van der Waals surface area contributed by atoms with Crippen LogP contribution in [0, 0.1) is 13.8 Å². The molecule has 0 N–H and O–H groups in total. The van der Waals surface area contributed by atoms with Crippen LogP contribution in [-0.2, 0) is 6.42 Å². The van der Waals surface area contributed by atoms with Crippen molar-refractivity contribution in [3.63, 3.8) is 0 Å². The van der Waals surface area contributed by atoms with Gasteiger partial charge in [-0.3, -0.25) is 0 Å². The third kappa shape index (κ3) is 3.02. The van der Waals surface area contributed by atoms with Gasteiger partial charge < -0.3 is 0 Å². The molecule has 0 saturated heterocycles. The first-order valence-electron chi connectivity index (χ1n) is 6.82. The van der Waals surface area contributed by atoms with Gasteiger partial charge in [0.15, 0.2) is 0 Å². The van der Waals surface area contributed by atoms with Crippen LogP contribution in [0.1, 0.15) is 23.1 Å². The molecule has 96 valence electrons. The van der Waals surface area contributed by atoms with E-state index < -0.39 is 8.07 Å². The normalized spacial score (nSPS) is 15.6. The van der Waals surface area contributed by atoms with Gasteiger partial charge in [-0.1, -0.05) is 66.3 Å². The van der Waals surface area contributed by atoms with Crippen LogP contribution in [0.2, 0.25) is 19.6 Å². The standard InChI is InChI=1S/C17H24Si/c1-13-6-7-14(2)16(10-13)11-15-8-9-17(12-15)18(3,4)5/h6-7,9-10,12H,8,11H2,1-5H3. The Bertz CT molecular complexity index is 513. The highest BCUT2D eigenvalue weighted by Gasteiger charge is 2.21. The zero-order valence-electron chi connectivity index (χ0n) is 12.3. The van der Waals surface area contributed by atoms with Crippen molar-refractivity contribution in [2.75, 3.05) is 0 Å². The lowest BCUT2D eigenvalue weighted by Gasteiger charge is -2.15. The number of hydrogen-bond acceptors (Lipinski definition) is 0. The molecule has 2 rings (SSSR count). The predicted octanol–water partition coefficient (Wildman–Crippen LogP) is 4.98. The average Bonchev–Trinajstić information content (AvgIpc) is 2.71. The molecule has 0 amide bonds. The van der Waals surface area contributed by atoms with Crippen LogP contribution in [0.3, 0.4) is 0 Å². The summed E-state index contributed by atoms with van der Waals surface area (Å²) in [6.45, 7) is 11.7. The molecule has 0 unspecified atom stereocenters. The molecule has 0 aromatic heterocycles. The zero-order chi connectivity index (χ0) is 13.3. The fourth-order valence-electron chi connectivity index (χ4n) is 2.46. The first kappa shape index (κ1) is 13.4. The van der Waals surface area contributed by atoms with Gasteiger partial charge in [0.2, 0.25) is 0 Å². The summed E-state index contributed by atoms with van der Waals surface area (Å²) in [5, 5.41) is 1.63. The molecule has 0 radical (unpaired) electrons. The highest BCUT2D eigenvalue weighted by atomic mass is 28.3. The molecule has 0 aliphatic heterocycles. The van der Waals surface area contributed by atoms with Crippen LogP contribution in [0.4, 0.5) is 0 Å². The summed E-state index contributed by atoms with van der Waals surface area (Å²) >= 11 is 0. The Morgan fingerprint density at radius 3 is 2.44 bits per heavy atom. The Balaban J connectivity index is 2.16. The molecule has 0 bridgehead atoms. The van der Waals surface area contributed by atoms with Gasteiger partial charge in [0.25, 0.3) is 0 Å². The third-order valence-corrected chi connectivity index (χ3v) is 5.81. The van der Waals surface area contributed by atoms with E-state index in [2.05, 4.69) is 63.8 Å². The Labute approximate surface area is 112 Å². The fraction of sp³-hybridized carbons (Fsp3) is 0.412. The van der Waals surface area contributed by atoms with Crippen molar-refractivity contribution < 1.29 is 0 Å². The number of benzene rings is 1. The first-order chi connectivity index (χ1) is 8.36. The monoisotopic (exact) mass is 256 g/mol. The van der Waals surface area contributed by atoms with Crippen LogP contribution < -0.4 is 0 Å². The van der Waals surface area contributed by atoms with Crippen LogP contribution >= 0.6 is 0 Å². The Kier molecular flexibility index (Phi) is 3.63. The average molecular weight is 256 g/mol. The van der Waals surface area contributed by atoms with Gasteiger partial charge >= 0.3 is 0 Å². The molecule has 18 heavy (non-hydrogen) atoms. The lowest BCUT2D eigenvalue weighted by Crippen LogP contribution is -2.21. The van der Waals surface area contributed by atoms with E-state index in [0.29, 0.717) is 0 Å². The molecule has 1 aliphatic rings. The predicted molar refractivity (Wildman–Crippen MR) is 83.7 cm³/mol. The van der Waals surface area contributed by atoms with E-state index in [9.17, 15) is 0 Å². The second kappa shape index (κ2) is 4.89. The van der Waals surface area contributed by atoms with Crippen molar-refractivity contribution in [3.8, 4) is 0 Å². The molecule has 0 saturated carbocycles. The Morgan fingerprint density at radius 2 is 1.83 bits per heavy atom. The lowest BCUT2D eigenvalue weighted by molar-refractivity contribution is 1.06. The van der Waals surface area contributed by atoms with E-state index >= 15 is 0 Å². The summed E-state index contributed by atoms with van der Waals surface area (Å²) in [5.41, 5.74) is 5.86. The first-order valence-corrected chi connectivity index (χ1v) is 10.3. The molecule has 1 aromatic carbocycles. The van der Waals surface area contributed by atoms with Gasteiger partial charge in [0, 0.05) is 0 Å². The SMILES string of the molecule is Cc1ccc(C)c(CC2=CC([Si](C)(C)C)=CC2)c1. The second-order valence-electron chi connectivity index (χ2n) is 6.52. The van der Waals surface area contributed by atoms with Crippen molar-refractivity contribution in [2.24, 2.45) is 0 Å². The fourth-order valence-corrected chi connectivity index (χ4v) is 3.81. The molecule has 0 spiro atoms. The molecule has 0 heterocycles. The van der Waals surface area contributed by atoms with Gasteiger partial charge in [-0.15, -0.1) is 0 Å². The van der Waals surface area contributed by atoms with E-state index in [-0.39, 0.29) is 0 Å². The summed E-state index contributed by atoms with van der Waals surface area (Å²) in [4.78, 5) is 0. The van der Waals surface area contributed by atoms with Gasteiger partial charge in [-0.2, -0.15) is 0 Å². The Morgan fingerprint density at radius 1 is 1.11 bits per heavy atom. The van der Waals surface area contributed by atoms with E-state index in [0.717, 1.165) is 12.8 Å². The van der Waals surface area contributed by atoms with E-state index in [1.54, 1.807) is 10.8 Å². The second-order valence-corrected chi connectivity index (χ2v) is 11.6. The molecular formula is C17H24Si. The van der Waals surface area contributed by atoms with Crippen LogP contribution in [-0.4, -0.2) is 8.07 Å². The summed E-state index contributed by atoms with van der Waals surface area (Å²) < 4.78 is 0. The number of rotatable bonds is 3. The van der Waals surface area contributed by atoms with E-state index in [1.807, 2.05) is 0 Å². The highest BCUT2D eigenvalue weighted by Crippen LogP contribution is 2.28. The van der Waals surface area contributed by atoms with Crippen molar-refractivity contribution >= 4 is 8.07 Å². The minimum Gasteiger partial charge on any atom is -0.0812 e. The molecule has 0 fully saturated rings. The zero-order valence-corrected chi connectivity index (χ0v) is 13.3. The molecule has 0 nitrogen and oxygen atoms in total. The number of allylic oxidation sites excluding steroid dienone is 4. The summed E-state index contributed by atoms with van der Waals surface area (Å²) in [7, 11) is -1.12.